The summed E-state index contributed by atoms with van der Waals surface area (Å²) in [6.07, 6.45) is -0.321. The molecular weight excluding hydrogens is 239 g/mol. The van der Waals surface area contributed by atoms with E-state index in [0.717, 1.165) is 37.8 Å². The maximum atomic E-state index is 12.6. The highest BCUT2D eigenvalue weighted by Gasteiger charge is 2.32. The summed E-state index contributed by atoms with van der Waals surface area (Å²) in [4.78, 5) is 0. The molecule has 0 radical (unpaired) electrons. The molecule has 96 valence electrons. The van der Waals surface area contributed by atoms with Crippen molar-refractivity contribution in [3.63, 3.8) is 0 Å². The van der Waals surface area contributed by atoms with Crippen LogP contribution in [0.3, 0.4) is 0 Å². The smallest absolute Gasteiger partial charge is 0.198 e. The van der Waals surface area contributed by atoms with Gasteiger partial charge in [0.15, 0.2) is 0 Å². The lowest BCUT2D eigenvalue weighted by Crippen LogP contribution is -2.10. The lowest BCUT2D eigenvalue weighted by Gasteiger charge is -2.18. The Hall–Kier alpha value is -1.50. The number of alkyl halides is 3. The number of benzene rings is 1. The molecule has 0 amide bonds. The first kappa shape index (κ1) is 12.9. The molecule has 18 heavy (non-hydrogen) atoms. The summed E-state index contributed by atoms with van der Waals surface area (Å²) in [5, 5.41) is 9.20. The second-order valence-electron chi connectivity index (χ2n) is 4.77. The molecule has 1 aromatic carbocycles. The molecule has 0 aliphatic heterocycles. The largest absolute Gasteiger partial charge is 0.416 e. The van der Waals surface area contributed by atoms with Gasteiger partial charge in [0.2, 0.25) is 0 Å². The summed E-state index contributed by atoms with van der Waals surface area (Å²) >= 11 is 0. The Morgan fingerprint density at radius 3 is 2.44 bits per heavy atom. The third-order valence-corrected chi connectivity index (χ3v) is 3.58. The molecule has 1 fully saturated rings. The van der Waals surface area contributed by atoms with Crippen molar-refractivity contribution in [3.8, 4) is 6.07 Å². The molecule has 1 nitrogen and oxygen atoms in total. The predicted octanol–water partition coefficient (Wildman–Crippen LogP) is 4.50. The molecule has 1 unspecified atom stereocenters. The van der Waals surface area contributed by atoms with E-state index in [-0.39, 0.29) is 5.92 Å². The third kappa shape index (κ3) is 2.66. The highest BCUT2D eigenvalue weighted by atomic mass is 19.4. The summed E-state index contributed by atoms with van der Waals surface area (Å²) in [7, 11) is 0. The fourth-order valence-corrected chi connectivity index (χ4v) is 2.65. The number of halogens is 3. The SMILES string of the molecule is N#CC(c1cccc(C(F)(F)F)c1)C1CCCC1. The molecule has 1 aromatic rings. The Balaban J connectivity index is 2.29. The first-order valence-corrected chi connectivity index (χ1v) is 6.09. The van der Waals surface area contributed by atoms with Gasteiger partial charge < -0.3 is 0 Å². The van der Waals surface area contributed by atoms with Crippen LogP contribution in [0.2, 0.25) is 0 Å². The molecule has 0 heterocycles. The van der Waals surface area contributed by atoms with Gasteiger partial charge in [-0.05, 0) is 30.4 Å². The fraction of sp³-hybridized carbons (Fsp3) is 0.500. The zero-order valence-electron chi connectivity index (χ0n) is 9.87. The molecule has 1 aliphatic carbocycles. The minimum absolute atomic E-state index is 0.207. The summed E-state index contributed by atoms with van der Waals surface area (Å²) in [5.41, 5.74) is -0.169. The van der Waals surface area contributed by atoms with Gasteiger partial charge in [0, 0.05) is 0 Å². The third-order valence-electron chi connectivity index (χ3n) is 3.58. The van der Waals surface area contributed by atoms with E-state index in [4.69, 9.17) is 0 Å². The summed E-state index contributed by atoms with van der Waals surface area (Å²) in [6.45, 7) is 0. The zero-order chi connectivity index (χ0) is 13.2. The minimum atomic E-state index is -4.34. The maximum Gasteiger partial charge on any atom is 0.416 e. The summed E-state index contributed by atoms with van der Waals surface area (Å²) < 4.78 is 37.9. The Morgan fingerprint density at radius 1 is 1.22 bits per heavy atom. The van der Waals surface area contributed by atoms with E-state index in [9.17, 15) is 18.4 Å². The molecule has 0 bridgehead atoms. The van der Waals surface area contributed by atoms with Crippen LogP contribution in [0.4, 0.5) is 13.2 Å². The standard InChI is InChI=1S/C14H14F3N/c15-14(16,17)12-7-3-6-11(8-12)13(9-18)10-4-1-2-5-10/h3,6-8,10,13H,1-2,4-5H2. The van der Waals surface area contributed by atoms with Gasteiger partial charge in [0.25, 0.3) is 0 Å². The van der Waals surface area contributed by atoms with Crippen molar-refractivity contribution in [3.05, 3.63) is 35.4 Å². The van der Waals surface area contributed by atoms with E-state index in [0.29, 0.717) is 5.56 Å². The first-order chi connectivity index (χ1) is 8.52. The number of hydrogen-bond donors (Lipinski definition) is 0. The van der Waals surface area contributed by atoms with Crippen molar-refractivity contribution in [2.75, 3.05) is 0 Å². The van der Waals surface area contributed by atoms with Crippen LogP contribution < -0.4 is 0 Å². The van der Waals surface area contributed by atoms with Crippen LogP contribution in [0, 0.1) is 17.2 Å². The maximum absolute atomic E-state index is 12.6. The minimum Gasteiger partial charge on any atom is -0.198 e. The van der Waals surface area contributed by atoms with Gasteiger partial charge in [0.1, 0.15) is 0 Å². The van der Waals surface area contributed by atoms with Gasteiger partial charge in [-0.2, -0.15) is 18.4 Å². The number of nitriles is 1. The summed E-state index contributed by atoms with van der Waals surface area (Å²) in [6, 6.07) is 7.35. The number of hydrogen-bond acceptors (Lipinski definition) is 1. The predicted molar refractivity (Wildman–Crippen MR) is 61.8 cm³/mol. The van der Waals surface area contributed by atoms with Gasteiger partial charge in [-0.15, -0.1) is 0 Å². The van der Waals surface area contributed by atoms with E-state index in [1.165, 1.54) is 6.07 Å². The van der Waals surface area contributed by atoms with Crippen molar-refractivity contribution in [2.24, 2.45) is 5.92 Å². The Morgan fingerprint density at radius 2 is 1.89 bits per heavy atom. The van der Waals surface area contributed by atoms with Crippen molar-refractivity contribution >= 4 is 0 Å². The van der Waals surface area contributed by atoms with Crippen LogP contribution in [0.5, 0.6) is 0 Å². The van der Waals surface area contributed by atoms with Crippen molar-refractivity contribution in [2.45, 2.75) is 37.8 Å². The zero-order valence-corrected chi connectivity index (χ0v) is 9.87. The highest BCUT2D eigenvalue weighted by Crippen LogP contribution is 2.38. The molecule has 0 N–H and O–H groups in total. The Labute approximate surface area is 104 Å². The quantitative estimate of drug-likeness (QED) is 0.761. The van der Waals surface area contributed by atoms with Gasteiger partial charge in [-0.1, -0.05) is 31.0 Å². The molecule has 1 aliphatic rings. The molecule has 1 atom stereocenters. The average molecular weight is 253 g/mol. The van der Waals surface area contributed by atoms with E-state index in [2.05, 4.69) is 6.07 Å². The Bertz CT molecular complexity index is 453. The number of rotatable bonds is 2. The second-order valence-corrected chi connectivity index (χ2v) is 4.77. The van der Waals surface area contributed by atoms with Crippen LogP contribution in [-0.4, -0.2) is 0 Å². The van der Waals surface area contributed by atoms with E-state index in [1.54, 1.807) is 6.07 Å². The van der Waals surface area contributed by atoms with Crippen molar-refractivity contribution in [1.29, 1.82) is 5.26 Å². The topological polar surface area (TPSA) is 23.8 Å². The van der Waals surface area contributed by atoms with Crippen LogP contribution in [0.25, 0.3) is 0 Å². The molecule has 0 saturated heterocycles. The van der Waals surface area contributed by atoms with Crippen molar-refractivity contribution < 1.29 is 13.2 Å². The van der Waals surface area contributed by atoms with Gasteiger partial charge >= 0.3 is 6.18 Å². The molecule has 2 rings (SSSR count). The molecule has 0 spiro atoms. The van der Waals surface area contributed by atoms with Gasteiger partial charge in [0.05, 0.1) is 17.6 Å². The molecule has 1 saturated carbocycles. The lowest BCUT2D eigenvalue weighted by atomic mass is 9.85. The molecule has 4 heteroatoms. The summed E-state index contributed by atoms with van der Waals surface area (Å²) in [5.74, 6) is -0.201. The van der Waals surface area contributed by atoms with E-state index < -0.39 is 17.7 Å². The second kappa shape index (κ2) is 5.01. The van der Waals surface area contributed by atoms with Crippen LogP contribution in [-0.2, 0) is 6.18 Å². The average Bonchev–Trinajstić information content (AvgIpc) is 2.83. The first-order valence-electron chi connectivity index (χ1n) is 6.09. The lowest BCUT2D eigenvalue weighted by molar-refractivity contribution is -0.137. The van der Waals surface area contributed by atoms with Gasteiger partial charge in [-0.25, -0.2) is 0 Å². The monoisotopic (exact) mass is 253 g/mol. The van der Waals surface area contributed by atoms with Crippen LogP contribution in [0.1, 0.15) is 42.7 Å². The van der Waals surface area contributed by atoms with Crippen LogP contribution >= 0.6 is 0 Å². The van der Waals surface area contributed by atoms with Crippen molar-refractivity contribution in [1.82, 2.24) is 0 Å². The van der Waals surface area contributed by atoms with E-state index >= 15 is 0 Å². The van der Waals surface area contributed by atoms with Gasteiger partial charge in [-0.3, -0.25) is 0 Å². The Kier molecular flexibility index (Phi) is 3.60. The normalized spacial score (nSPS) is 18.6. The molecule has 0 aromatic heterocycles. The number of nitrogens with zero attached hydrogens (tertiary/aromatic N) is 1. The van der Waals surface area contributed by atoms with E-state index in [1.807, 2.05) is 0 Å². The fourth-order valence-electron chi connectivity index (χ4n) is 2.65. The highest BCUT2D eigenvalue weighted by molar-refractivity contribution is 5.32. The molecular formula is C14H14F3N. The van der Waals surface area contributed by atoms with Crippen LogP contribution in [0.15, 0.2) is 24.3 Å².